The van der Waals surface area contributed by atoms with Crippen LogP contribution >= 0.6 is 0 Å². The van der Waals surface area contributed by atoms with Crippen molar-refractivity contribution in [2.45, 2.75) is 13.5 Å². The van der Waals surface area contributed by atoms with Crippen LogP contribution in [0.1, 0.15) is 50.0 Å². The van der Waals surface area contributed by atoms with Gasteiger partial charge in [0.15, 0.2) is 0 Å². The Balaban J connectivity index is 1.49. The number of carbonyl (C=O) groups is 2. The van der Waals surface area contributed by atoms with Gasteiger partial charge < -0.3 is 20.5 Å². The zero-order chi connectivity index (χ0) is 30.6. The predicted octanol–water partition coefficient (Wildman–Crippen LogP) is 4.32. The molecule has 0 saturated heterocycles. The second kappa shape index (κ2) is 14.9. The van der Waals surface area contributed by atoms with Crippen LogP contribution in [0.4, 0.5) is 5.82 Å². The van der Waals surface area contributed by atoms with Gasteiger partial charge in [-0.2, -0.15) is 10.2 Å². The number of pyridine rings is 2. The molecule has 0 aliphatic rings. The van der Waals surface area contributed by atoms with Crippen molar-refractivity contribution < 1.29 is 19.1 Å². The van der Waals surface area contributed by atoms with Gasteiger partial charge >= 0.3 is 0 Å². The number of ether oxygens (including phenoxy) is 2. The van der Waals surface area contributed by atoms with Crippen LogP contribution in [0.3, 0.4) is 0 Å². The topological polar surface area (TPSA) is 143 Å². The van der Waals surface area contributed by atoms with E-state index >= 15 is 0 Å². The Labute approximate surface area is 250 Å². The lowest BCUT2D eigenvalue weighted by Gasteiger charge is -2.21. The fraction of sp³-hybridized carbons (Fsp3) is 0.182. The molecule has 2 aromatic heterocycles. The monoisotopic (exact) mass is 576 g/mol. The molecule has 0 aliphatic heterocycles. The van der Waals surface area contributed by atoms with Crippen LogP contribution < -0.4 is 20.7 Å². The summed E-state index contributed by atoms with van der Waals surface area (Å²) in [6.45, 7) is 3.07. The molecule has 0 radical (unpaired) electrons. The first-order valence-corrected chi connectivity index (χ1v) is 13.7. The average Bonchev–Trinajstić information content (AvgIpc) is 3.06. The Hall–Kier alpha value is -5.53. The summed E-state index contributed by atoms with van der Waals surface area (Å²) >= 11 is 0. The van der Waals surface area contributed by atoms with Crippen molar-refractivity contribution >= 4 is 23.2 Å². The number of nitrogens with zero attached hydrogens (tertiary/aromatic N) is 4. The molecule has 2 amide bonds. The summed E-state index contributed by atoms with van der Waals surface area (Å²) in [4.78, 5) is 36.0. The van der Waals surface area contributed by atoms with Crippen LogP contribution in [0, 0.1) is 11.3 Å². The molecule has 0 bridgehead atoms. The quantitative estimate of drug-likeness (QED) is 0.237. The highest BCUT2D eigenvalue weighted by atomic mass is 16.5. The second-order valence-electron chi connectivity index (χ2n) is 9.24. The maximum atomic E-state index is 13.7. The highest BCUT2D eigenvalue weighted by molar-refractivity contribution is 6.06. The van der Waals surface area contributed by atoms with E-state index in [1.807, 2.05) is 37.3 Å². The van der Waals surface area contributed by atoms with Crippen LogP contribution in [-0.2, 0) is 11.3 Å². The van der Waals surface area contributed by atoms with Gasteiger partial charge in [-0.3, -0.25) is 19.5 Å². The Morgan fingerprint density at radius 2 is 1.74 bits per heavy atom. The lowest BCUT2D eigenvalue weighted by atomic mass is 10.00. The van der Waals surface area contributed by atoms with Gasteiger partial charge in [-0.15, -0.1) is 0 Å². The Kier molecular flexibility index (Phi) is 10.6. The van der Waals surface area contributed by atoms with E-state index in [9.17, 15) is 14.9 Å². The molecule has 2 heterocycles. The molecule has 0 spiro atoms. The van der Waals surface area contributed by atoms with Crippen molar-refractivity contribution in [2.24, 2.45) is 5.73 Å². The predicted molar refractivity (Wildman–Crippen MR) is 163 cm³/mol. The number of nitrogens with two attached hydrogens (primary N) is 1. The van der Waals surface area contributed by atoms with E-state index in [0.717, 1.165) is 11.1 Å². The van der Waals surface area contributed by atoms with Gasteiger partial charge in [0.1, 0.15) is 24.1 Å². The fourth-order valence-electron chi connectivity index (χ4n) is 4.29. The molecule has 3 N–H and O–H groups in total. The van der Waals surface area contributed by atoms with Crippen molar-refractivity contribution in [3.8, 4) is 11.9 Å². The van der Waals surface area contributed by atoms with Gasteiger partial charge in [-0.1, -0.05) is 42.5 Å². The number of hydrogen-bond donors (Lipinski definition) is 2. The van der Waals surface area contributed by atoms with Crippen LogP contribution in [-0.4, -0.2) is 48.6 Å². The van der Waals surface area contributed by atoms with Crippen LogP contribution in [0.2, 0.25) is 0 Å². The SMILES string of the molecule is CCN(C(=O)c1ccnc(C(=CN)c2ccc(C(=O)NC)cc2)c1)c1ccc(C#N)c(OCCOCc2ccccc2)n1. The number of anilines is 1. The van der Waals surface area contributed by atoms with Crippen molar-refractivity contribution in [2.75, 3.05) is 31.7 Å². The van der Waals surface area contributed by atoms with Crippen LogP contribution in [0.15, 0.2) is 91.3 Å². The van der Waals surface area contributed by atoms with E-state index in [1.165, 1.54) is 17.3 Å². The van der Waals surface area contributed by atoms with Gasteiger partial charge in [0.2, 0.25) is 5.88 Å². The first kappa shape index (κ1) is 30.4. The molecule has 4 rings (SSSR count). The lowest BCUT2D eigenvalue weighted by molar-refractivity contribution is 0.0873. The number of amides is 2. The zero-order valence-corrected chi connectivity index (χ0v) is 24.0. The van der Waals surface area contributed by atoms with E-state index < -0.39 is 0 Å². The smallest absolute Gasteiger partial charge is 0.259 e. The Bertz CT molecular complexity index is 1630. The normalized spacial score (nSPS) is 11.0. The van der Waals surface area contributed by atoms with Crippen molar-refractivity contribution in [3.05, 3.63) is 125 Å². The molecule has 10 nitrogen and oxygen atoms in total. The third kappa shape index (κ3) is 7.61. The molecule has 0 aliphatic carbocycles. The van der Waals surface area contributed by atoms with Gasteiger partial charge in [-0.25, -0.2) is 0 Å². The largest absolute Gasteiger partial charge is 0.474 e. The number of aromatic nitrogens is 2. The van der Waals surface area contributed by atoms with Crippen LogP contribution in [0.5, 0.6) is 5.88 Å². The minimum absolute atomic E-state index is 0.124. The lowest BCUT2D eigenvalue weighted by Crippen LogP contribution is -2.31. The number of nitriles is 1. The molecule has 0 fully saturated rings. The van der Waals surface area contributed by atoms with Gasteiger partial charge in [0.05, 0.1) is 18.9 Å². The number of hydrogen-bond acceptors (Lipinski definition) is 8. The molecule has 0 atom stereocenters. The second-order valence-corrected chi connectivity index (χ2v) is 9.24. The van der Waals surface area contributed by atoms with Crippen molar-refractivity contribution in [1.29, 1.82) is 5.26 Å². The van der Waals surface area contributed by atoms with Gasteiger partial charge in [0.25, 0.3) is 11.8 Å². The highest BCUT2D eigenvalue weighted by Crippen LogP contribution is 2.25. The van der Waals surface area contributed by atoms with E-state index in [4.69, 9.17) is 15.2 Å². The fourth-order valence-corrected chi connectivity index (χ4v) is 4.29. The minimum Gasteiger partial charge on any atom is -0.474 e. The third-order valence-electron chi connectivity index (χ3n) is 6.52. The number of benzene rings is 2. The summed E-state index contributed by atoms with van der Waals surface area (Å²) in [7, 11) is 1.57. The first-order chi connectivity index (χ1) is 21.0. The minimum atomic E-state index is -0.313. The molecule has 4 aromatic rings. The van der Waals surface area contributed by atoms with Crippen LogP contribution in [0.25, 0.3) is 5.57 Å². The summed E-state index contributed by atoms with van der Waals surface area (Å²) in [5, 5.41) is 12.2. The molecule has 218 valence electrons. The summed E-state index contributed by atoms with van der Waals surface area (Å²) in [6.07, 6.45) is 2.95. The number of nitrogens with one attached hydrogen (secondary N) is 1. The first-order valence-electron chi connectivity index (χ1n) is 13.7. The van der Waals surface area contributed by atoms with Crippen molar-refractivity contribution in [3.63, 3.8) is 0 Å². The molecule has 0 unspecified atom stereocenters. The van der Waals surface area contributed by atoms with E-state index in [0.29, 0.717) is 48.0 Å². The summed E-state index contributed by atoms with van der Waals surface area (Å²) < 4.78 is 11.4. The number of rotatable bonds is 12. The molecular weight excluding hydrogens is 544 g/mol. The summed E-state index contributed by atoms with van der Waals surface area (Å²) in [5.74, 6) is -0.0496. The molecule has 10 heteroatoms. The molecular formula is C33H32N6O4. The average molecular weight is 577 g/mol. The van der Waals surface area contributed by atoms with Crippen molar-refractivity contribution in [1.82, 2.24) is 15.3 Å². The maximum absolute atomic E-state index is 13.7. The van der Waals surface area contributed by atoms with Gasteiger partial charge in [0, 0.05) is 42.7 Å². The summed E-state index contributed by atoms with van der Waals surface area (Å²) in [6, 6.07) is 25.2. The van der Waals surface area contributed by atoms with Gasteiger partial charge in [-0.05, 0) is 54.4 Å². The third-order valence-corrected chi connectivity index (χ3v) is 6.52. The highest BCUT2D eigenvalue weighted by Gasteiger charge is 2.21. The number of carbonyl (C=O) groups excluding carboxylic acids is 2. The zero-order valence-electron chi connectivity index (χ0n) is 24.0. The van der Waals surface area contributed by atoms with E-state index in [2.05, 4.69) is 21.4 Å². The maximum Gasteiger partial charge on any atom is 0.259 e. The van der Waals surface area contributed by atoms with E-state index in [-0.39, 0.29) is 29.9 Å². The molecule has 2 aromatic carbocycles. The summed E-state index contributed by atoms with van der Waals surface area (Å²) in [5.41, 5.74) is 9.97. The van der Waals surface area contributed by atoms with E-state index in [1.54, 1.807) is 55.6 Å². The molecule has 0 saturated carbocycles. The standard InChI is InChI=1S/C33H32N6O4/c1-3-39(30-14-13-27(20-34)32(38-30)43-18-17-42-22-23-7-5-4-6-8-23)33(41)26-15-16-37-29(19-26)28(21-35)24-9-11-25(12-10-24)31(40)36-2/h4-16,19,21H,3,17-18,22,35H2,1-2H3,(H,36,40). The molecule has 43 heavy (non-hydrogen) atoms. The Morgan fingerprint density at radius 1 is 1.00 bits per heavy atom. The Morgan fingerprint density at radius 3 is 2.42 bits per heavy atom.